The number of nitrogens with one attached hydrogen (secondary N) is 2. The van der Waals surface area contributed by atoms with E-state index in [-0.39, 0.29) is 24.8 Å². The Morgan fingerprint density at radius 3 is 2.10 bits per heavy atom. The SMILES string of the molecule is CC1(F)CCC(Nc2nc(NC3CCC(F)(F)C3)nc(-c3cccc(C4CC4)n3)n2)C1. The molecule has 0 aromatic carbocycles. The third-order valence-electron chi connectivity index (χ3n) is 6.39. The largest absolute Gasteiger partial charge is 0.351 e. The molecule has 0 bridgehead atoms. The van der Waals surface area contributed by atoms with Crippen molar-refractivity contribution in [2.75, 3.05) is 10.6 Å². The number of hydrogen-bond acceptors (Lipinski definition) is 6. The lowest BCUT2D eigenvalue weighted by molar-refractivity contribution is 0.00851. The highest BCUT2D eigenvalue weighted by molar-refractivity contribution is 5.54. The second kappa shape index (κ2) is 7.60. The zero-order valence-electron chi connectivity index (χ0n) is 17.5. The van der Waals surface area contributed by atoms with Crippen molar-refractivity contribution < 1.29 is 13.2 Å². The first-order chi connectivity index (χ1) is 14.7. The van der Waals surface area contributed by atoms with Gasteiger partial charge in [0.2, 0.25) is 17.8 Å². The van der Waals surface area contributed by atoms with Gasteiger partial charge in [-0.25, -0.2) is 18.2 Å². The lowest BCUT2D eigenvalue weighted by Crippen LogP contribution is -2.23. The molecule has 3 aliphatic carbocycles. The highest BCUT2D eigenvalue weighted by Gasteiger charge is 2.40. The minimum atomic E-state index is -2.66. The van der Waals surface area contributed by atoms with Gasteiger partial charge in [0.25, 0.3) is 0 Å². The third-order valence-corrected chi connectivity index (χ3v) is 6.39. The van der Waals surface area contributed by atoms with Crippen molar-refractivity contribution in [3.63, 3.8) is 0 Å². The van der Waals surface area contributed by atoms with Gasteiger partial charge in [-0.3, -0.25) is 0 Å². The molecule has 3 aliphatic rings. The molecular weight excluding hydrogens is 405 g/mol. The Kier molecular flexibility index (Phi) is 5.01. The average Bonchev–Trinajstić information content (AvgIpc) is 3.43. The number of anilines is 2. The predicted molar refractivity (Wildman–Crippen MR) is 112 cm³/mol. The van der Waals surface area contributed by atoms with Crippen molar-refractivity contribution in [3.8, 4) is 11.5 Å². The summed E-state index contributed by atoms with van der Waals surface area (Å²) in [6, 6.07) is 5.29. The number of rotatable bonds is 6. The number of pyridine rings is 1. The van der Waals surface area contributed by atoms with Crippen LogP contribution in [0.2, 0.25) is 0 Å². The van der Waals surface area contributed by atoms with Gasteiger partial charge in [-0.2, -0.15) is 15.0 Å². The normalized spacial score (nSPS) is 29.8. The molecule has 2 aromatic rings. The van der Waals surface area contributed by atoms with Crippen molar-refractivity contribution in [1.29, 1.82) is 0 Å². The molecule has 166 valence electrons. The lowest BCUT2D eigenvalue weighted by atomic mass is 10.1. The zero-order chi connectivity index (χ0) is 21.6. The second-order valence-electron chi connectivity index (χ2n) is 9.47. The number of halogens is 3. The fraction of sp³-hybridized carbons (Fsp3) is 0.636. The van der Waals surface area contributed by atoms with Gasteiger partial charge in [0.05, 0.1) is 0 Å². The molecule has 3 atom stereocenters. The molecule has 2 heterocycles. The van der Waals surface area contributed by atoms with Gasteiger partial charge in [-0.1, -0.05) is 6.07 Å². The van der Waals surface area contributed by atoms with Gasteiger partial charge in [-0.15, -0.1) is 0 Å². The van der Waals surface area contributed by atoms with Crippen LogP contribution >= 0.6 is 0 Å². The van der Waals surface area contributed by atoms with E-state index in [1.54, 1.807) is 6.92 Å². The van der Waals surface area contributed by atoms with Gasteiger partial charge in [0.1, 0.15) is 11.4 Å². The first kappa shape index (κ1) is 20.5. The van der Waals surface area contributed by atoms with E-state index in [1.165, 1.54) is 0 Å². The average molecular weight is 432 g/mol. The van der Waals surface area contributed by atoms with E-state index in [2.05, 4.69) is 25.6 Å². The molecule has 6 nitrogen and oxygen atoms in total. The standard InChI is InChI=1S/C22H27F3N6/c1-21(23)9-7-14(11-21)26-19-29-18(17-4-2-3-16(28-17)13-5-6-13)30-20(31-19)27-15-8-10-22(24,25)12-15/h2-4,13-15H,5-12H2,1H3,(H2,26,27,29,30,31). The van der Waals surface area contributed by atoms with Crippen molar-refractivity contribution in [1.82, 2.24) is 19.9 Å². The molecule has 2 N–H and O–H groups in total. The Bertz CT molecular complexity index is 916. The van der Waals surface area contributed by atoms with Crippen LogP contribution in [0.3, 0.4) is 0 Å². The smallest absolute Gasteiger partial charge is 0.250 e. The van der Waals surface area contributed by atoms with Gasteiger partial charge in [0.15, 0.2) is 5.82 Å². The molecule has 5 rings (SSSR count). The molecule has 3 fully saturated rings. The van der Waals surface area contributed by atoms with E-state index in [0.717, 1.165) is 18.5 Å². The van der Waals surface area contributed by atoms with Crippen molar-refractivity contribution in [2.45, 2.75) is 87.9 Å². The summed E-state index contributed by atoms with van der Waals surface area (Å²) in [7, 11) is 0. The summed E-state index contributed by atoms with van der Waals surface area (Å²) in [5.74, 6) is -1.23. The Hall–Kier alpha value is -2.45. The van der Waals surface area contributed by atoms with E-state index in [1.807, 2.05) is 18.2 Å². The maximum Gasteiger partial charge on any atom is 0.250 e. The maximum absolute atomic E-state index is 14.3. The molecular formula is C22H27F3N6. The molecule has 3 saturated carbocycles. The van der Waals surface area contributed by atoms with Gasteiger partial charge in [0, 0.05) is 43.0 Å². The molecule has 2 aromatic heterocycles. The Labute approximate surface area is 179 Å². The summed E-state index contributed by atoms with van der Waals surface area (Å²) in [5.41, 5.74) is 0.433. The fourth-order valence-electron chi connectivity index (χ4n) is 4.56. The third kappa shape index (κ3) is 4.91. The van der Waals surface area contributed by atoms with Crippen molar-refractivity contribution in [3.05, 3.63) is 23.9 Å². The first-order valence-corrected chi connectivity index (χ1v) is 11.1. The summed E-state index contributed by atoms with van der Waals surface area (Å²) in [6.45, 7) is 1.61. The van der Waals surface area contributed by atoms with Crippen molar-refractivity contribution >= 4 is 11.9 Å². The van der Waals surface area contributed by atoms with Crippen LogP contribution in [0.25, 0.3) is 11.5 Å². The van der Waals surface area contributed by atoms with E-state index in [4.69, 9.17) is 4.98 Å². The minimum absolute atomic E-state index is 0.0836. The van der Waals surface area contributed by atoms with E-state index >= 15 is 0 Å². The van der Waals surface area contributed by atoms with E-state index in [0.29, 0.717) is 49.1 Å². The van der Waals surface area contributed by atoms with Crippen LogP contribution in [0.1, 0.15) is 69.9 Å². The fourth-order valence-corrected chi connectivity index (χ4v) is 4.56. The topological polar surface area (TPSA) is 75.6 Å². The number of alkyl halides is 3. The molecule has 0 saturated heterocycles. The quantitative estimate of drug-likeness (QED) is 0.661. The van der Waals surface area contributed by atoms with Crippen LogP contribution in [-0.4, -0.2) is 43.6 Å². The number of aromatic nitrogens is 4. The first-order valence-electron chi connectivity index (χ1n) is 11.1. The van der Waals surface area contributed by atoms with Crippen LogP contribution in [0.5, 0.6) is 0 Å². The van der Waals surface area contributed by atoms with E-state index in [9.17, 15) is 13.2 Å². The zero-order valence-corrected chi connectivity index (χ0v) is 17.5. The summed E-state index contributed by atoms with van der Waals surface area (Å²) >= 11 is 0. The molecule has 3 unspecified atom stereocenters. The van der Waals surface area contributed by atoms with Crippen LogP contribution in [0.15, 0.2) is 18.2 Å². The molecule has 9 heteroatoms. The van der Waals surface area contributed by atoms with Crippen molar-refractivity contribution in [2.24, 2.45) is 0 Å². The molecule has 31 heavy (non-hydrogen) atoms. The second-order valence-corrected chi connectivity index (χ2v) is 9.47. The number of hydrogen-bond donors (Lipinski definition) is 2. The highest BCUT2D eigenvalue weighted by atomic mass is 19.3. The summed E-state index contributed by atoms with van der Waals surface area (Å²) in [5, 5.41) is 6.27. The van der Waals surface area contributed by atoms with Gasteiger partial charge < -0.3 is 10.6 Å². The van der Waals surface area contributed by atoms with Crippen LogP contribution < -0.4 is 10.6 Å². The Balaban J connectivity index is 1.42. The summed E-state index contributed by atoms with van der Waals surface area (Å²) < 4.78 is 41.5. The monoisotopic (exact) mass is 432 g/mol. The van der Waals surface area contributed by atoms with Crippen LogP contribution in [0.4, 0.5) is 25.1 Å². The summed E-state index contributed by atoms with van der Waals surface area (Å²) in [4.78, 5) is 18.1. The molecule has 0 radical (unpaired) electrons. The summed E-state index contributed by atoms with van der Waals surface area (Å²) in [6.07, 6.45) is 3.78. The minimum Gasteiger partial charge on any atom is -0.351 e. The number of nitrogens with zero attached hydrogens (tertiary/aromatic N) is 4. The predicted octanol–water partition coefficient (Wildman–Crippen LogP) is 5.10. The molecule has 0 amide bonds. The van der Waals surface area contributed by atoms with Gasteiger partial charge >= 0.3 is 0 Å². The lowest BCUT2D eigenvalue weighted by Gasteiger charge is -2.17. The maximum atomic E-state index is 14.3. The van der Waals surface area contributed by atoms with Gasteiger partial charge in [-0.05, 0) is 51.2 Å². The molecule has 0 spiro atoms. The highest BCUT2D eigenvalue weighted by Crippen LogP contribution is 2.40. The Morgan fingerprint density at radius 1 is 0.839 bits per heavy atom. The molecule has 0 aliphatic heterocycles. The Morgan fingerprint density at radius 2 is 1.52 bits per heavy atom. The van der Waals surface area contributed by atoms with E-state index < -0.39 is 17.6 Å². The van der Waals surface area contributed by atoms with Crippen LogP contribution in [0, 0.1) is 0 Å². The van der Waals surface area contributed by atoms with Crippen LogP contribution in [-0.2, 0) is 0 Å².